The van der Waals surface area contributed by atoms with Crippen molar-refractivity contribution in [1.82, 2.24) is 15.5 Å². The first kappa shape index (κ1) is 18.7. The van der Waals surface area contributed by atoms with Crippen molar-refractivity contribution in [3.05, 3.63) is 35.9 Å². The van der Waals surface area contributed by atoms with Gasteiger partial charge in [0, 0.05) is 39.3 Å². The fourth-order valence-electron chi connectivity index (χ4n) is 2.85. The molecule has 0 bridgehead atoms. The molecule has 0 spiro atoms. The highest BCUT2D eigenvalue weighted by atomic mass is 19.4. The second-order valence-corrected chi connectivity index (χ2v) is 5.79. The predicted molar refractivity (Wildman–Crippen MR) is 85.5 cm³/mol. The Hall–Kier alpha value is -1.64. The Balaban J connectivity index is 2.00. The third-order valence-electron chi connectivity index (χ3n) is 4.19. The minimum Gasteiger partial charge on any atom is -0.354 e. The molecule has 1 aromatic carbocycles. The van der Waals surface area contributed by atoms with Gasteiger partial charge in [-0.25, -0.2) is 0 Å². The van der Waals surface area contributed by atoms with Crippen LogP contribution in [0, 0.1) is 0 Å². The van der Waals surface area contributed by atoms with E-state index in [1.807, 2.05) is 0 Å². The summed E-state index contributed by atoms with van der Waals surface area (Å²) in [6, 6.07) is 7.15. The monoisotopic (exact) mass is 344 g/mol. The highest BCUT2D eigenvalue weighted by Gasteiger charge is 2.44. The first-order chi connectivity index (χ1) is 11.4. The highest BCUT2D eigenvalue weighted by Crippen LogP contribution is 2.25. The summed E-state index contributed by atoms with van der Waals surface area (Å²) in [5.74, 6) is -1.13. The van der Waals surface area contributed by atoms with Crippen LogP contribution >= 0.6 is 0 Å². The van der Waals surface area contributed by atoms with E-state index in [0.717, 1.165) is 0 Å². The van der Waals surface area contributed by atoms with E-state index < -0.39 is 30.6 Å². The van der Waals surface area contributed by atoms with Crippen molar-refractivity contribution < 1.29 is 18.0 Å². The number of amides is 1. The van der Waals surface area contributed by atoms with Gasteiger partial charge in [0.1, 0.15) is 6.04 Å². The number of benzene rings is 1. The number of nitrogens with zero attached hydrogens (tertiary/aromatic N) is 1. The quantitative estimate of drug-likeness (QED) is 0.710. The molecule has 1 aliphatic rings. The van der Waals surface area contributed by atoms with E-state index in [1.54, 1.807) is 30.3 Å². The second-order valence-electron chi connectivity index (χ2n) is 5.79. The minimum atomic E-state index is -4.39. The molecule has 0 saturated carbocycles. The van der Waals surface area contributed by atoms with Gasteiger partial charge < -0.3 is 16.4 Å². The third-order valence-corrected chi connectivity index (χ3v) is 4.19. The number of hydrogen-bond donors (Lipinski definition) is 3. The number of rotatable bonds is 6. The Kier molecular flexibility index (Phi) is 6.59. The van der Waals surface area contributed by atoms with Gasteiger partial charge in [-0.3, -0.25) is 9.69 Å². The minimum absolute atomic E-state index is 0.0418. The zero-order chi connectivity index (χ0) is 17.6. The maximum atomic E-state index is 13.3. The number of piperazine rings is 1. The van der Waals surface area contributed by atoms with Crippen LogP contribution in [-0.2, 0) is 4.79 Å². The Labute approximate surface area is 139 Å². The largest absolute Gasteiger partial charge is 0.405 e. The number of alkyl halides is 3. The molecule has 2 unspecified atom stereocenters. The van der Waals surface area contributed by atoms with Gasteiger partial charge in [-0.2, -0.15) is 13.2 Å². The number of halogens is 3. The first-order valence-electron chi connectivity index (χ1n) is 7.97. The molecule has 1 aromatic rings. The van der Waals surface area contributed by atoms with Gasteiger partial charge in [-0.15, -0.1) is 0 Å². The molecule has 1 saturated heterocycles. The van der Waals surface area contributed by atoms with Gasteiger partial charge in [0.15, 0.2) is 0 Å². The Bertz CT molecular complexity index is 518. The summed E-state index contributed by atoms with van der Waals surface area (Å²) in [5, 5.41) is 5.46. The highest BCUT2D eigenvalue weighted by molar-refractivity contribution is 5.83. The number of nitrogens with two attached hydrogens (primary N) is 1. The molecule has 1 aliphatic heterocycles. The number of hydrogen-bond acceptors (Lipinski definition) is 4. The van der Waals surface area contributed by atoms with Crippen molar-refractivity contribution in [2.24, 2.45) is 5.73 Å². The van der Waals surface area contributed by atoms with Crippen LogP contribution in [0.4, 0.5) is 13.2 Å². The molecule has 2 rings (SSSR count). The van der Waals surface area contributed by atoms with Crippen LogP contribution in [0.2, 0.25) is 0 Å². The third kappa shape index (κ3) is 4.93. The fraction of sp³-hybridized carbons (Fsp3) is 0.562. The molecule has 1 heterocycles. The summed E-state index contributed by atoms with van der Waals surface area (Å²) in [4.78, 5) is 13.7. The standard InChI is InChI=1S/C16H23F3N4O/c17-16(18,19)14(23-8-6-21-7-9-23)11-22-15(24)13(10-20)12-4-2-1-3-5-12/h1-5,13-14,21H,6-11,20H2,(H,22,24). The van der Waals surface area contributed by atoms with E-state index in [-0.39, 0.29) is 6.54 Å². The van der Waals surface area contributed by atoms with Crippen molar-refractivity contribution in [2.75, 3.05) is 39.3 Å². The van der Waals surface area contributed by atoms with E-state index in [2.05, 4.69) is 10.6 Å². The van der Waals surface area contributed by atoms with Gasteiger partial charge in [-0.05, 0) is 5.56 Å². The predicted octanol–water partition coefficient (Wildman–Crippen LogP) is 0.681. The van der Waals surface area contributed by atoms with E-state index in [0.29, 0.717) is 31.7 Å². The first-order valence-corrected chi connectivity index (χ1v) is 7.97. The molecule has 1 fully saturated rings. The molecular formula is C16H23F3N4O. The Morgan fingerprint density at radius 1 is 1.25 bits per heavy atom. The van der Waals surface area contributed by atoms with Crippen molar-refractivity contribution in [1.29, 1.82) is 0 Å². The Morgan fingerprint density at radius 2 is 1.88 bits per heavy atom. The van der Waals surface area contributed by atoms with Crippen LogP contribution in [0.5, 0.6) is 0 Å². The summed E-state index contributed by atoms with van der Waals surface area (Å²) in [5.41, 5.74) is 6.34. The van der Waals surface area contributed by atoms with Crippen LogP contribution in [0.1, 0.15) is 11.5 Å². The maximum absolute atomic E-state index is 13.3. The molecule has 0 radical (unpaired) electrons. The summed E-state index contributed by atoms with van der Waals surface area (Å²) >= 11 is 0. The van der Waals surface area contributed by atoms with Gasteiger partial charge in [0.25, 0.3) is 0 Å². The molecule has 2 atom stereocenters. The van der Waals surface area contributed by atoms with Crippen LogP contribution in [-0.4, -0.2) is 62.3 Å². The molecule has 0 aromatic heterocycles. The molecule has 134 valence electrons. The number of carbonyl (C=O) groups is 1. The second kappa shape index (κ2) is 8.46. The van der Waals surface area contributed by atoms with E-state index in [9.17, 15) is 18.0 Å². The zero-order valence-electron chi connectivity index (χ0n) is 13.4. The summed E-state index contributed by atoms with van der Waals surface area (Å²) in [6.45, 7) is 1.20. The lowest BCUT2D eigenvalue weighted by Crippen LogP contribution is -2.57. The van der Waals surface area contributed by atoms with Gasteiger partial charge in [0.05, 0.1) is 5.92 Å². The van der Waals surface area contributed by atoms with Gasteiger partial charge in [-0.1, -0.05) is 30.3 Å². The van der Waals surface area contributed by atoms with Crippen LogP contribution < -0.4 is 16.4 Å². The molecule has 1 amide bonds. The SMILES string of the molecule is NCC(C(=O)NCC(N1CCNCC1)C(F)(F)F)c1ccccc1. The summed E-state index contributed by atoms with van der Waals surface area (Å²) < 4.78 is 40.0. The van der Waals surface area contributed by atoms with Gasteiger partial charge >= 0.3 is 6.18 Å². The van der Waals surface area contributed by atoms with Crippen LogP contribution in [0.15, 0.2) is 30.3 Å². The fourth-order valence-corrected chi connectivity index (χ4v) is 2.85. The maximum Gasteiger partial charge on any atom is 0.405 e. The normalized spacial score (nSPS) is 18.8. The molecule has 24 heavy (non-hydrogen) atoms. The average molecular weight is 344 g/mol. The van der Waals surface area contributed by atoms with Crippen molar-refractivity contribution in [3.8, 4) is 0 Å². The molecule has 4 N–H and O–H groups in total. The lowest BCUT2D eigenvalue weighted by atomic mass is 9.98. The summed E-state index contributed by atoms with van der Waals surface area (Å²) in [7, 11) is 0. The molecule has 8 heteroatoms. The van der Waals surface area contributed by atoms with E-state index in [4.69, 9.17) is 5.73 Å². The van der Waals surface area contributed by atoms with Crippen LogP contribution in [0.25, 0.3) is 0 Å². The molecule has 5 nitrogen and oxygen atoms in total. The average Bonchev–Trinajstić information content (AvgIpc) is 2.56. The van der Waals surface area contributed by atoms with Crippen molar-refractivity contribution >= 4 is 5.91 Å². The van der Waals surface area contributed by atoms with Crippen LogP contribution in [0.3, 0.4) is 0 Å². The smallest absolute Gasteiger partial charge is 0.354 e. The molecule has 0 aliphatic carbocycles. The van der Waals surface area contributed by atoms with Crippen molar-refractivity contribution in [3.63, 3.8) is 0 Å². The lowest BCUT2D eigenvalue weighted by Gasteiger charge is -2.36. The Morgan fingerprint density at radius 3 is 2.42 bits per heavy atom. The van der Waals surface area contributed by atoms with Gasteiger partial charge in [0.2, 0.25) is 5.91 Å². The molecular weight excluding hydrogens is 321 g/mol. The number of nitrogens with one attached hydrogen (secondary N) is 2. The van der Waals surface area contributed by atoms with E-state index in [1.165, 1.54) is 4.90 Å². The lowest BCUT2D eigenvalue weighted by molar-refractivity contribution is -0.184. The number of carbonyl (C=O) groups excluding carboxylic acids is 1. The van der Waals surface area contributed by atoms with Crippen molar-refractivity contribution in [2.45, 2.75) is 18.1 Å². The zero-order valence-corrected chi connectivity index (χ0v) is 13.4. The topological polar surface area (TPSA) is 70.4 Å². The summed E-state index contributed by atoms with van der Waals surface area (Å²) in [6.07, 6.45) is -4.39. The van der Waals surface area contributed by atoms with E-state index >= 15 is 0 Å².